The molecule has 1 aliphatic carbocycles. The Labute approximate surface area is 145 Å². The number of nitrogens with one attached hydrogen (secondary N) is 2. The zero-order chi connectivity index (χ0) is 17.1. The lowest BCUT2D eigenvalue weighted by Crippen LogP contribution is -2.33. The van der Waals surface area contributed by atoms with Gasteiger partial charge in [-0.25, -0.2) is 0 Å². The highest BCUT2D eigenvalue weighted by atomic mass is 32.1. The average molecular weight is 343 g/mol. The largest absolute Gasteiger partial charge is 0.390 e. The van der Waals surface area contributed by atoms with Crippen LogP contribution in [-0.2, 0) is 0 Å². The Hall–Kier alpha value is -2.34. The first-order valence-electron chi connectivity index (χ1n) is 8.12. The molecule has 2 aromatic rings. The average Bonchev–Trinajstić information content (AvgIpc) is 3.16. The van der Waals surface area contributed by atoms with Crippen molar-refractivity contribution in [3.05, 3.63) is 46.3 Å². The van der Waals surface area contributed by atoms with Crippen LogP contribution in [0.5, 0.6) is 0 Å². The van der Waals surface area contributed by atoms with Gasteiger partial charge in [-0.2, -0.15) is 0 Å². The summed E-state index contributed by atoms with van der Waals surface area (Å²) in [5.41, 5.74) is 7.82. The van der Waals surface area contributed by atoms with E-state index in [0.717, 1.165) is 37.0 Å². The zero-order valence-electron chi connectivity index (χ0n) is 13.6. The van der Waals surface area contributed by atoms with Gasteiger partial charge in [0.05, 0.1) is 15.4 Å². The molecule has 0 saturated heterocycles. The molecule has 3 rings (SSSR count). The molecule has 0 unspecified atom stereocenters. The van der Waals surface area contributed by atoms with Gasteiger partial charge in [0.15, 0.2) is 0 Å². The Balaban J connectivity index is 1.78. The summed E-state index contributed by atoms with van der Waals surface area (Å²) in [6.07, 6.45) is 4.31. The normalized spacial score (nSPS) is 14.5. The smallest absolute Gasteiger partial charge is 0.266 e. The van der Waals surface area contributed by atoms with E-state index in [9.17, 15) is 9.59 Å². The molecule has 5 nitrogen and oxygen atoms in total. The van der Waals surface area contributed by atoms with Crippen LogP contribution in [0.1, 0.15) is 51.3 Å². The molecular formula is C18H21N3O2S. The Bertz CT molecular complexity index is 749. The molecule has 6 heteroatoms. The predicted octanol–water partition coefficient (Wildman–Crippen LogP) is 3.56. The number of hydrogen-bond donors (Lipinski definition) is 3. The van der Waals surface area contributed by atoms with E-state index in [0.29, 0.717) is 26.7 Å². The molecule has 0 spiro atoms. The molecule has 2 amide bonds. The van der Waals surface area contributed by atoms with Crippen LogP contribution < -0.4 is 16.4 Å². The molecule has 1 aliphatic rings. The second-order valence-electron chi connectivity index (χ2n) is 6.07. The van der Waals surface area contributed by atoms with Crippen LogP contribution in [0.25, 0.3) is 0 Å². The summed E-state index contributed by atoms with van der Waals surface area (Å²) in [5, 5.41) is 6.26. The second kappa shape index (κ2) is 7.05. The minimum absolute atomic E-state index is 0.174. The van der Waals surface area contributed by atoms with Gasteiger partial charge >= 0.3 is 0 Å². The lowest BCUT2D eigenvalue weighted by molar-refractivity contribution is 0.0938. The van der Waals surface area contributed by atoms with E-state index in [-0.39, 0.29) is 17.9 Å². The summed E-state index contributed by atoms with van der Waals surface area (Å²) in [5.74, 6) is -0.415. The third kappa shape index (κ3) is 3.43. The maximum Gasteiger partial charge on any atom is 0.266 e. The van der Waals surface area contributed by atoms with Crippen molar-refractivity contribution in [2.45, 2.75) is 38.6 Å². The minimum atomic E-state index is -0.240. The fraction of sp³-hybridized carbons (Fsp3) is 0.333. The van der Waals surface area contributed by atoms with Crippen LogP contribution in [-0.4, -0.2) is 17.9 Å². The maximum absolute atomic E-state index is 12.5. The predicted molar refractivity (Wildman–Crippen MR) is 97.6 cm³/mol. The molecule has 1 saturated carbocycles. The molecule has 1 heterocycles. The summed E-state index contributed by atoms with van der Waals surface area (Å²) in [7, 11) is 0. The molecule has 0 aliphatic heterocycles. The fourth-order valence-corrected chi connectivity index (χ4v) is 4.04. The van der Waals surface area contributed by atoms with Gasteiger partial charge in [0.25, 0.3) is 11.8 Å². The first kappa shape index (κ1) is 16.5. The Kier molecular flexibility index (Phi) is 4.85. The number of rotatable bonds is 4. The number of benzene rings is 1. The van der Waals surface area contributed by atoms with E-state index in [2.05, 4.69) is 10.6 Å². The number of para-hydroxylation sites is 1. The van der Waals surface area contributed by atoms with E-state index in [1.165, 1.54) is 0 Å². The number of nitrogens with two attached hydrogens (primary N) is 1. The number of nitrogen functional groups attached to an aromatic ring is 1. The van der Waals surface area contributed by atoms with Crippen molar-refractivity contribution < 1.29 is 9.59 Å². The Morgan fingerprint density at radius 1 is 1.12 bits per heavy atom. The summed E-state index contributed by atoms with van der Waals surface area (Å²) in [6.45, 7) is 1.77. The molecule has 1 fully saturated rings. The summed E-state index contributed by atoms with van der Waals surface area (Å²) < 4.78 is 0. The molecule has 0 bridgehead atoms. The highest BCUT2D eigenvalue weighted by Crippen LogP contribution is 2.31. The first-order valence-corrected chi connectivity index (χ1v) is 8.94. The second-order valence-corrected chi connectivity index (χ2v) is 7.12. The number of anilines is 2. The van der Waals surface area contributed by atoms with Crippen LogP contribution in [0.4, 0.5) is 10.7 Å². The third-order valence-corrected chi connectivity index (χ3v) is 5.45. The van der Waals surface area contributed by atoms with Gasteiger partial charge in [-0.05, 0) is 37.5 Å². The van der Waals surface area contributed by atoms with E-state index < -0.39 is 0 Å². The Morgan fingerprint density at radius 2 is 1.79 bits per heavy atom. The fourth-order valence-electron chi connectivity index (χ4n) is 3.07. The molecule has 0 atom stereocenters. The van der Waals surface area contributed by atoms with Crippen molar-refractivity contribution >= 4 is 33.8 Å². The zero-order valence-corrected chi connectivity index (χ0v) is 14.4. The Morgan fingerprint density at radius 3 is 2.46 bits per heavy atom. The monoisotopic (exact) mass is 343 g/mol. The highest BCUT2D eigenvalue weighted by Gasteiger charge is 2.25. The van der Waals surface area contributed by atoms with Gasteiger partial charge < -0.3 is 16.4 Å². The molecule has 1 aromatic carbocycles. The van der Waals surface area contributed by atoms with E-state index >= 15 is 0 Å². The molecular weight excluding hydrogens is 322 g/mol. The van der Waals surface area contributed by atoms with Crippen LogP contribution in [0, 0.1) is 6.92 Å². The maximum atomic E-state index is 12.5. The minimum Gasteiger partial charge on any atom is -0.390 e. The highest BCUT2D eigenvalue weighted by molar-refractivity contribution is 7.18. The number of carbonyl (C=O) groups is 2. The van der Waals surface area contributed by atoms with Crippen molar-refractivity contribution in [2.75, 3.05) is 11.1 Å². The lowest BCUT2D eigenvalue weighted by atomic mass is 10.1. The topological polar surface area (TPSA) is 84.2 Å². The number of hydrogen-bond acceptors (Lipinski definition) is 4. The number of thiophene rings is 1. The van der Waals surface area contributed by atoms with Crippen LogP contribution in [0.2, 0.25) is 0 Å². The number of carbonyl (C=O) groups excluding carboxylic acids is 2. The number of amides is 2. The van der Waals surface area contributed by atoms with E-state index in [1.807, 2.05) is 30.3 Å². The van der Waals surface area contributed by atoms with Crippen LogP contribution in [0.3, 0.4) is 0 Å². The quantitative estimate of drug-likeness (QED) is 0.793. The van der Waals surface area contributed by atoms with Crippen molar-refractivity contribution in [2.24, 2.45) is 0 Å². The van der Waals surface area contributed by atoms with E-state index in [1.54, 1.807) is 6.92 Å². The van der Waals surface area contributed by atoms with Crippen molar-refractivity contribution in [1.29, 1.82) is 0 Å². The molecule has 126 valence electrons. The van der Waals surface area contributed by atoms with Crippen molar-refractivity contribution in [3.63, 3.8) is 0 Å². The van der Waals surface area contributed by atoms with E-state index in [4.69, 9.17) is 5.73 Å². The van der Waals surface area contributed by atoms with Gasteiger partial charge in [0.1, 0.15) is 0 Å². The molecule has 24 heavy (non-hydrogen) atoms. The van der Waals surface area contributed by atoms with Gasteiger partial charge in [-0.1, -0.05) is 31.0 Å². The third-order valence-electron chi connectivity index (χ3n) is 4.33. The standard InChI is InChI=1S/C18H21N3O2S/c1-11-14(17(22)20-12-9-5-6-10-12)16(19)24-15(11)18(23)21-13-7-3-2-4-8-13/h2-4,7-8,12H,5-6,9-10,19H2,1H3,(H,20,22)(H,21,23). The van der Waals surface area contributed by atoms with Crippen LogP contribution >= 0.6 is 11.3 Å². The van der Waals surface area contributed by atoms with Crippen molar-refractivity contribution in [3.8, 4) is 0 Å². The lowest BCUT2D eigenvalue weighted by Gasteiger charge is -2.12. The molecule has 1 aromatic heterocycles. The molecule has 0 radical (unpaired) electrons. The first-order chi connectivity index (χ1) is 11.6. The van der Waals surface area contributed by atoms with Gasteiger partial charge in [0.2, 0.25) is 0 Å². The van der Waals surface area contributed by atoms with Gasteiger partial charge in [0, 0.05) is 11.7 Å². The summed E-state index contributed by atoms with van der Waals surface area (Å²) in [4.78, 5) is 25.5. The summed E-state index contributed by atoms with van der Waals surface area (Å²) >= 11 is 1.16. The van der Waals surface area contributed by atoms with Crippen molar-refractivity contribution in [1.82, 2.24) is 5.32 Å². The van der Waals surface area contributed by atoms with Gasteiger partial charge in [-0.15, -0.1) is 11.3 Å². The summed E-state index contributed by atoms with van der Waals surface area (Å²) in [6, 6.07) is 9.45. The molecule has 4 N–H and O–H groups in total. The SMILES string of the molecule is Cc1c(C(=O)Nc2ccccc2)sc(N)c1C(=O)NC1CCCC1. The van der Waals surface area contributed by atoms with Gasteiger partial charge in [-0.3, -0.25) is 9.59 Å². The van der Waals surface area contributed by atoms with Crippen LogP contribution in [0.15, 0.2) is 30.3 Å².